The van der Waals surface area contributed by atoms with Crippen molar-refractivity contribution in [3.8, 4) is 17.2 Å². The van der Waals surface area contributed by atoms with E-state index in [1.165, 1.54) is 101 Å². The molecule has 12 aromatic rings. The van der Waals surface area contributed by atoms with Crippen molar-refractivity contribution in [2.45, 2.75) is 89.3 Å². The van der Waals surface area contributed by atoms with E-state index in [4.69, 9.17) is 18.9 Å². The number of ether oxygens (including phenoxy) is 4. The zero-order chi connectivity index (χ0) is 88.0. The lowest BCUT2D eigenvalue weighted by Crippen LogP contribution is -2.35. The Morgan fingerprint density at radius 2 is 0.883 bits per heavy atom. The molecule has 6 aliphatic heterocycles. The third-order valence-electron chi connectivity index (χ3n) is 22.1. The molecule has 0 bridgehead atoms. The largest absolute Gasteiger partial charge is 0.492 e. The maximum atomic E-state index is 13.9. The summed E-state index contributed by atoms with van der Waals surface area (Å²) in [5.41, 5.74) is 5.60. The first kappa shape index (κ1) is 93.2. The van der Waals surface area contributed by atoms with Crippen LogP contribution in [0.15, 0.2) is 104 Å². The molecule has 0 aliphatic carbocycles. The minimum absolute atomic E-state index is 0. The number of nitrogens with zero attached hydrogens (tertiary/aromatic N) is 13. The summed E-state index contributed by atoms with van der Waals surface area (Å²) in [6.07, 6.45) is 14.0. The fourth-order valence-electron chi connectivity index (χ4n) is 15.3. The number of para-hydroxylation sites is 1. The van der Waals surface area contributed by atoms with E-state index in [9.17, 15) is 46.2 Å². The lowest BCUT2D eigenvalue weighted by molar-refractivity contribution is 0.0936. The number of hydrogen-bond acceptors (Lipinski definition) is 33. The molecule has 18 rings (SSSR count). The average Bonchev–Trinajstić information content (AvgIpc) is 1.61. The van der Waals surface area contributed by atoms with Gasteiger partial charge < -0.3 is 87.4 Å². The number of rotatable bonds is 29. The fraction of sp³-hybridized carbons (Fsp3) is 0.435. The summed E-state index contributed by atoms with van der Waals surface area (Å²) in [6, 6.07) is 20.3. The molecule has 4 aromatic carbocycles. The lowest BCUT2D eigenvalue weighted by atomic mass is 9.98. The SMILES string of the molecule is CCOc1cc(F)ccc1Nc1ncnc2sc(C(=O)NCC3CCNCC3)nc12.O=C(NCC1CCNCC1)c1nc2c(N3CC(CCO)c4ccccc43)ncnc2s1.O=C(NCC1CCNCC1)c1nc2c(Nc3ccc(F)cc3OC(CF)CF)ncnc2s1.O=C(NCC1CCNCC1)c1nc2c(Nc3ccc(F)cc3O[C@H]3CCOC3)ncnc2s1.S. The summed E-state index contributed by atoms with van der Waals surface area (Å²) in [5, 5.41) is 45.3. The summed E-state index contributed by atoms with van der Waals surface area (Å²) in [7, 11) is 0. The number of piperidine rings is 4. The summed E-state index contributed by atoms with van der Waals surface area (Å²) >= 11 is 4.86. The minimum atomic E-state index is -1.35. The Hall–Kier alpha value is -11.0. The molecular weight excluding hydrogens is 1760 g/mol. The number of alkyl halides is 2. The Balaban J connectivity index is 0.000000138. The van der Waals surface area contributed by atoms with Crippen LogP contribution in [0, 0.1) is 41.1 Å². The van der Waals surface area contributed by atoms with Crippen molar-refractivity contribution >= 4 is 170 Å². The van der Waals surface area contributed by atoms with Crippen molar-refractivity contribution in [3.63, 3.8) is 0 Å². The molecule has 0 spiro atoms. The highest BCUT2D eigenvalue weighted by molar-refractivity contribution is 7.59. The number of thiazole rings is 4. The second-order valence-corrected chi connectivity index (χ2v) is 34.8. The Morgan fingerprint density at radius 1 is 0.500 bits per heavy atom. The number of halogens is 5. The molecule has 2 atom stereocenters. The van der Waals surface area contributed by atoms with Gasteiger partial charge in [-0.2, -0.15) is 13.5 Å². The van der Waals surface area contributed by atoms with E-state index in [2.05, 4.69) is 135 Å². The summed E-state index contributed by atoms with van der Waals surface area (Å²) < 4.78 is 89.1. The van der Waals surface area contributed by atoms with Crippen molar-refractivity contribution in [2.75, 3.05) is 146 Å². The highest BCUT2D eigenvalue weighted by atomic mass is 32.1. The van der Waals surface area contributed by atoms with Crippen LogP contribution < -0.4 is 77.6 Å². The van der Waals surface area contributed by atoms with Crippen molar-refractivity contribution < 1.29 is 65.2 Å². The van der Waals surface area contributed by atoms with Gasteiger partial charge in [-0.15, -0.1) is 0 Å². The quantitative estimate of drug-likeness (QED) is 0.0194. The van der Waals surface area contributed by atoms with Gasteiger partial charge in [0.15, 0.2) is 49.4 Å². The van der Waals surface area contributed by atoms with Gasteiger partial charge >= 0.3 is 0 Å². The van der Waals surface area contributed by atoms with Crippen LogP contribution >= 0.6 is 58.8 Å². The fourth-order valence-corrected chi connectivity index (χ4v) is 18.6. The Morgan fingerprint density at radius 3 is 1.29 bits per heavy atom. The van der Waals surface area contributed by atoms with Gasteiger partial charge in [0.1, 0.15) is 121 Å². The van der Waals surface area contributed by atoms with E-state index in [-0.39, 0.29) is 78.0 Å². The Labute approximate surface area is 755 Å². The maximum Gasteiger partial charge on any atom is 0.280 e. The number of aliphatic hydroxyl groups excluding tert-OH is 1. The standard InChI is InChI=1S/C22H25FN6O3S.C22H26N6O2S.C21H23F3N6O2S.C20H23FN6O2S.H2S/c23-14-1-2-16(17(9-14)32-15-5-8-31-11-15)28-19-18-21(27-12-26-19)33-22(29-18)20(30)25-10-13-3-6-24-7-4-13;29-10-7-15-12-28(17-4-2-1-3-16(15)17)19-18-21(26-13-25-19)31-22(27-18)20(30)24-11-14-5-8-23-9-6-14;22-8-14(9-23)32-16-7-13(24)1-2-15(16)29-18-17-20(28-11-27-18)33-21(30-17)19(31)26-10-12-3-5-25-6-4-12;1-2-29-15-9-13(21)3-4-14(15)26-17-16-19(25-11-24-17)30-20(27-16)18(28)23-10-12-5-7-22-8-6-12;/h1-2,9,12-13,15,24H,3-8,10-11H2,(H,25,30)(H,26,27,28);1-4,13-15,23,29H,5-12H2,(H,24,30);1-2,7,11-12,14,25H,3-6,8-10H2,(H,26,31)(H,27,28,29);3-4,9,11-12,22H,2,5-8,10H2,1H3,(H,23,28)(H,24,25,26);1H2/t15-;;;;/m0..../s1. The Kier molecular flexibility index (Phi) is 33.3. The van der Waals surface area contributed by atoms with E-state index in [0.29, 0.717) is 173 Å². The number of fused-ring (bicyclic) bond motifs is 5. The molecule has 43 heteroatoms. The molecule has 6 aliphatic rings. The first-order valence-corrected chi connectivity index (χ1v) is 45.6. The lowest BCUT2D eigenvalue weighted by Gasteiger charge is -2.22. The first-order valence-electron chi connectivity index (χ1n) is 42.4. The van der Waals surface area contributed by atoms with E-state index >= 15 is 0 Å². The number of hydrogen-bond donors (Lipinski definition) is 12. The van der Waals surface area contributed by atoms with Crippen LogP contribution in [0.5, 0.6) is 17.2 Å². The average molecular weight is 1860 g/mol. The highest BCUT2D eigenvalue weighted by Gasteiger charge is 2.33. The van der Waals surface area contributed by atoms with Gasteiger partial charge in [-0.05, 0) is 189 Å². The van der Waals surface area contributed by atoms with Crippen LogP contribution in [0.25, 0.3) is 41.4 Å². The second kappa shape index (κ2) is 45.8. The summed E-state index contributed by atoms with van der Waals surface area (Å²) in [5.74, 6) is 2.35. The third kappa shape index (κ3) is 24.3. The third-order valence-corrected chi connectivity index (χ3v) is 25.9. The molecule has 12 N–H and O–H groups in total. The molecule has 4 amide bonds. The van der Waals surface area contributed by atoms with Crippen molar-refractivity contribution in [1.29, 1.82) is 0 Å². The van der Waals surface area contributed by atoms with E-state index in [1.807, 2.05) is 19.1 Å². The molecule has 0 saturated carbocycles. The predicted molar refractivity (Wildman–Crippen MR) is 487 cm³/mol. The monoisotopic (exact) mass is 1850 g/mol. The predicted octanol–water partition coefficient (Wildman–Crippen LogP) is 11.9. The number of aromatic nitrogens is 12. The summed E-state index contributed by atoms with van der Waals surface area (Å²) in [4.78, 5) is 107. The first-order chi connectivity index (χ1) is 62.1. The molecule has 8 aromatic heterocycles. The minimum Gasteiger partial charge on any atom is -0.492 e. The Bertz CT molecular complexity index is 5570. The van der Waals surface area contributed by atoms with Gasteiger partial charge in [0.2, 0.25) is 0 Å². The molecule has 5 fully saturated rings. The van der Waals surface area contributed by atoms with Gasteiger partial charge in [-0.1, -0.05) is 63.5 Å². The van der Waals surface area contributed by atoms with Crippen LogP contribution in [0.1, 0.15) is 122 Å². The number of carbonyl (C=O) groups is 4. The highest BCUT2D eigenvalue weighted by Crippen LogP contribution is 2.44. The van der Waals surface area contributed by atoms with Crippen LogP contribution in [-0.4, -0.2) is 226 Å². The number of amides is 4. The van der Waals surface area contributed by atoms with Crippen LogP contribution in [-0.2, 0) is 4.74 Å². The molecule has 1 unspecified atom stereocenters. The smallest absolute Gasteiger partial charge is 0.280 e. The van der Waals surface area contributed by atoms with Gasteiger partial charge in [-0.3, -0.25) is 19.2 Å². The zero-order valence-electron chi connectivity index (χ0n) is 69.9. The number of benzene rings is 4. The topological polar surface area (TPSA) is 416 Å². The van der Waals surface area contributed by atoms with Crippen LogP contribution in [0.3, 0.4) is 0 Å². The number of aliphatic hydroxyl groups is 1. The molecule has 128 heavy (non-hydrogen) atoms. The van der Waals surface area contributed by atoms with Crippen molar-refractivity contribution in [2.24, 2.45) is 23.7 Å². The molecule has 33 nitrogen and oxygen atoms in total. The number of carbonyl (C=O) groups excluding carboxylic acids is 4. The molecule has 0 radical (unpaired) electrons. The van der Waals surface area contributed by atoms with Crippen LogP contribution in [0.2, 0.25) is 0 Å². The molecule has 678 valence electrons. The molecule has 14 heterocycles. The zero-order valence-corrected chi connectivity index (χ0v) is 74.2. The number of anilines is 8. The van der Waals surface area contributed by atoms with Gasteiger partial charge in [0.25, 0.3) is 23.6 Å². The van der Waals surface area contributed by atoms with Crippen LogP contribution in [0.4, 0.5) is 68.0 Å². The van der Waals surface area contributed by atoms with Gasteiger partial charge in [0, 0.05) is 75.6 Å². The van der Waals surface area contributed by atoms with E-state index < -0.39 is 36.9 Å². The maximum absolute atomic E-state index is 13.9. The normalized spacial score (nSPS) is 16.7. The summed E-state index contributed by atoms with van der Waals surface area (Å²) in [6.45, 7) is 12.4. The van der Waals surface area contributed by atoms with Crippen molar-refractivity contribution in [1.82, 2.24) is 102 Å². The molecular formula is C85H99F5N24O9S5. The van der Waals surface area contributed by atoms with E-state index in [0.717, 1.165) is 140 Å². The van der Waals surface area contributed by atoms with Gasteiger partial charge in [-0.25, -0.2) is 81.8 Å². The number of nitrogens with one attached hydrogen (secondary N) is 11. The second-order valence-electron chi connectivity index (χ2n) is 30.9. The van der Waals surface area contributed by atoms with E-state index in [1.54, 1.807) is 12.1 Å². The molecule has 5 saturated heterocycles. The van der Waals surface area contributed by atoms with Crippen molar-refractivity contribution in [3.05, 3.63) is 147 Å². The van der Waals surface area contributed by atoms with Gasteiger partial charge in [0.05, 0.1) is 36.9 Å².